The number of hydrogen-bond acceptors (Lipinski definition) is 3. The first-order valence-corrected chi connectivity index (χ1v) is 8.74. The molecule has 1 aromatic heterocycles. The topological polar surface area (TPSA) is 37.0 Å². The van der Waals surface area contributed by atoms with Gasteiger partial charge in [-0.2, -0.15) is 0 Å². The van der Waals surface area contributed by atoms with Gasteiger partial charge in [0.15, 0.2) is 0 Å². The van der Waals surface area contributed by atoms with Crippen LogP contribution in [0.15, 0.2) is 60.8 Å². The minimum absolute atomic E-state index is 0.0966. The third kappa shape index (κ3) is 2.81. The number of hydrogen-bond donors (Lipinski definition) is 2. The zero-order valence-corrected chi connectivity index (χ0v) is 14.3. The quantitative estimate of drug-likeness (QED) is 0.771. The smallest absolute Gasteiger partial charge is 0.127 e. The summed E-state index contributed by atoms with van der Waals surface area (Å²) in [6.07, 6.45) is 1.80. The number of aromatic nitrogens is 1. The Morgan fingerprint density at radius 1 is 1.08 bits per heavy atom. The van der Waals surface area contributed by atoms with Crippen LogP contribution in [-0.4, -0.2) is 30.7 Å². The molecule has 2 aromatic carbocycles. The standard InChI is InChI=1S/C21H22FN3/c1-21(20-14-23-11-12-25-20,17-6-2-3-7-18(17)22)16-9-8-15-5-4-10-24-19(15)13-16/h2-10,13,20,23,25H,11-12,14H2,1H3. The van der Waals surface area contributed by atoms with E-state index in [2.05, 4.69) is 40.7 Å². The fourth-order valence-corrected chi connectivity index (χ4v) is 3.88. The fourth-order valence-electron chi connectivity index (χ4n) is 3.88. The van der Waals surface area contributed by atoms with E-state index in [1.165, 1.54) is 0 Å². The van der Waals surface area contributed by atoms with Crippen LogP contribution in [0.25, 0.3) is 10.9 Å². The average molecular weight is 335 g/mol. The van der Waals surface area contributed by atoms with Crippen molar-refractivity contribution in [1.29, 1.82) is 0 Å². The Balaban J connectivity index is 1.91. The molecule has 2 atom stereocenters. The molecule has 0 radical (unpaired) electrons. The van der Waals surface area contributed by atoms with Gasteiger partial charge in [-0.15, -0.1) is 0 Å². The van der Waals surface area contributed by atoms with E-state index in [1.54, 1.807) is 18.3 Å². The summed E-state index contributed by atoms with van der Waals surface area (Å²) in [5.41, 5.74) is 2.23. The molecule has 1 aliphatic heterocycles. The van der Waals surface area contributed by atoms with E-state index in [-0.39, 0.29) is 11.9 Å². The number of halogens is 1. The van der Waals surface area contributed by atoms with Crippen LogP contribution in [0.2, 0.25) is 0 Å². The molecule has 25 heavy (non-hydrogen) atoms. The van der Waals surface area contributed by atoms with Gasteiger partial charge in [0.2, 0.25) is 0 Å². The van der Waals surface area contributed by atoms with Crippen LogP contribution in [0.3, 0.4) is 0 Å². The van der Waals surface area contributed by atoms with Crippen molar-refractivity contribution in [1.82, 2.24) is 15.6 Å². The van der Waals surface area contributed by atoms with E-state index in [0.717, 1.165) is 36.1 Å². The van der Waals surface area contributed by atoms with Gasteiger partial charge in [-0.3, -0.25) is 4.98 Å². The van der Waals surface area contributed by atoms with Crippen molar-refractivity contribution in [3.8, 4) is 0 Å². The van der Waals surface area contributed by atoms with Crippen molar-refractivity contribution in [3.05, 3.63) is 77.7 Å². The molecule has 4 rings (SSSR count). The van der Waals surface area contributed by atoms with Gasteiger partial charge in [0.25, 0.3) is 0 Å². The zero-order valence-electron chi connectivity index (χ0n) is 14.3. The maximum Gasteiger partial charge on any atom is 0.127 e. The summed E-state index contributed by atoms with van der Waals surface area (Å²) in [5.74, 6) is -0.168. The molecule has 1 fully saturated rings. The molecule has 0 spiro atoms. The largest absolute Gasteiger partial charge is 0.314 e. The van der Waals surface area contributed by atoms with Crippen molar-refractivity contribution in [2.24, 2.45) is 0 Å². The fraction of sp³-hybridized carbons (Fsp3) is 0.286. The molecular formula is C21H22FN3. The van der Waals surface area contributed by atoms with Gasteiger partial charge in [0, 0.05) is 42.7 Å². The van der Waals surface area contributed by atoms with Crippen LogP contribution in [0.1, 0.15) is 18.1 Å². The highest BCUT2D eigenvalue weighted by molar-refractivity contribution is 5.79. The van der Waals surface area contributed by atoms with Gasteiger partial charge in [0.05, 0.1) is 5.52 Å². The van der Waals surface area contributed by atoms with Gasteiger partial charge in [-0.25, -0.2) is 4.39 Å². The summed E-state index contributed by atoms with van der Waals surface area (Å²) < 4.78 is 14.8. The second-order valence-corrected chi connectivity index (χ2v) is 6.80. The SMILES string of the molecule is CC(c1ccc2cccnc2c1)(c1ccccc1F)C1CNCCN1. The number of rotatable bonds is 3. The molecule has 3 aromatic rings. The number of fused-ring (bicyclic) bond motifs is 1. The monoisotopic (exact) mass is 335 g/mol. The molecule has 2 unspecified atom stereocenters. The van der Waals surface area contributed by atoms with Crippen LogP contribution < -0.4 is 10.6 Å². The maximum atomic E-state index is 14.8. The number of benzene rings is 2. The lowest BCUT2D eigenvalue weighted by Crippen LogP contribution is -2.58. The van der Waals surface area contributed by atoms with E-state index in [4.69, 9.17) is 0 Å². The Labute approximate surface area is 147 Å². The Hall–Kier alpha value is -2.30. The molecule has 128 valence electrons. The molecular weight excluding hydrogens is 313 g/mol. The minimum atomic E-state index is -0.496. The lowest BCUT2D eigenvalue weighted by molar-refractivity contribution is 0.309. The molecule has 0 bridgehead atoms. The van der Waals surface area contributed by atoms with Crippen molar-refractivity contribution >= 4 is 10.9 Å². The molecule has 3 nitrogen and oxygen atoms in total. The first-order valence-electron chi connectivity index (χ1n) is 8.74. The van der Waals surface area contributed by atoms with Gasteiger partial charge in [0.1, 0.15) is 5.82 Å². The Morgan fingerprint density at radius 2 is 1.96 bits per heavy atom. The van der Waals surface area contributed by atoms with Crippen molar-refractivity contribution in [3.63, 3.8) is 0 Å². The third-order valence-corrected chi connectivity index (χ3v) is 5.38. The molecule has 0 saturated carbocycles. The predicted molar refractivity (Wildman–Crippen MR) is 99.3 cm³/mol. The summed E-state index contributed by atoms with van der Waals surface area (Å²) in [5, 5.41) is 8.11. The highest BCUT2D eigenvalue weighted by Crippen LogP contribution is 2.38. The van der Waals surface area contributed by atoms with Crippen molar-refractivity contribution in [2.45, 2.75) is 18.4 Å². The summed E-state index contributed by atoms with van der Waals surface area (Å²) in [6, 6.07) is 17.5. The van der Waals surface area contributed by atoms with Crippen LogP contribution in [0.4, 0.5) is 4.39 Å². The number of nitrogens with one attached hydrogen (secondary N) is 2. The van der Waals surface area contributed by atoms with Gasteiger partial charge in [-0.05, 0) is 36.2 Å². The second-order valence-electron chi connectivity index (χ2n) is 6.80. The summed E-state index contributed by atoms with van der Waals surface area (Å²) in [6.45, 7) is 4.73. The molecule has 0 aliphatic carbocycles. The highest BCUT2D eigenvalue weighted by atomic mass is 19.1. The Morgan fingerprint density at radius 3 is 2.76 bits per heavy atom. The molecule has 4 heteroatoms. The van der Waals surface area contributed by atoms with Crippen molar-refractivity contribution in [2.75, 3.05) is 19.6 Å². The molecule has 1 aliphatic rings. The van der Waals surface area contributed by atoms with Crippen LogP contribution >= 0.6 is 0 Å². The molecule has 2 heterocycles. The van der Waals surface area contributed by atoms with Crippen LogP contribution in [-0.2, 0) is 5.41 Å². The lowest BCUT2D eigenvalue weighted by atomic mass is 9.69. The van der Waals surface area contributed by atoms with E-state index in [9.17, 15) is 4.39 Å². The van der Waals surface area contributed by atoms with Crippen LogP contribution in [0, 0.1) is 5.82 Å². The van der Waals surface area contributed by atoms with Crippen molar-refractivity contribution < 1.29 is 4.39 Å². The van der Waals surface area contributed by atoms with Gasteiger partial charge < -0.3 is 10.6 Å². The van der Waals surface area contributed by atoms with Gasteiger partial charge >= 0.3 is 0 Å². The second kappa shape index (κ2) is 6.54. The number of nitrogens with zero attached hydrogens (tertiary/aromatic N) is 1. The number of piperazine rings is 1. The third-order valence-electron chi connectivity index (χ3n) is 5.38. The summed E-state index contributed by atoms with van der Waals surface area (Å²) >= 11 is 0. The van der Waals surface area contributed by atoms with E-state index in [0.29, 0.717) is 5.56 Å². The highest BCUT2D eigenvalue weighted by Gasteiger charge is 2.40. The first kappa shape index (κ1) is 16.2. The van der Waals surface area contributed by atoms with E-state index in [1.807, 2.05) is 24.3 Å². The lowest BCUT2D eigenvalue weighted by Gasteiger charge is -2.42. The Bertz CT molecular complexity index is 889. The van der Waals surface area contributed by atoms with E-state index >= 15 is 0 Å². The molecule has 2 N–H and O–H groups in total. The first-order chi connectivity index (χ1) is 12.2. The predicted octanol–water partition coefficient (Wildman–Crippen LogP) is 3.24. The average Bonchev–Trinajstić information content (AvgIpc) is 2.68. The zero-order chi connectivity index (χ0) is 17.3. The molecule has 0 amide bonds. The van der Waals surface area contributed by atoms with Crippen LogP contribution in [0.5, 0.6) is 0 Å². The Kier molecular flexibility index (Phi) is 4.24. The summed E-state index contributed by atoms with van der Waals surface area (Å²) in [7, 11) is 0. The summed E-state index contributed by atoms with van der Waals surface area (Å²) in [4.78, 5) is 4.49. The van der Waals surface area contributed by atoms with Gasteiger partial charge in [-0.1, -0.05) is 36.4 Å². The molecule has 1 saturated heterocycles. The van der Waals surface area contributed by atoms with E-state index < -0.39 is 5.41 Å². The minimum Gasteiger partial charge on any atom is -0.314 e. The number of pyridine rings is 1. The normalized spacial score (nSPS) is 20.3. The maximum absolute atomic E-state index is 14.8.